The Kier molecular flexibility index (Phi) is 5.39. The van der Waals surface area contributed by atoms with Gasteiger partial charge in [-0.3, -0.25) is 0 Å². The van der Waals surface area contributed by atoms with Gasteiger partial charge in [-0.1, -0.05) is 26.0 Å². The maximum absolute atomic E-state index is 11.2. The van der Waals surface area contributed by atoms with Crippen LogP contribution in [-0.2, 0) is 10.5 Å². The molecule has 0 saturated carbocycles. The van der Waals surface area contributed by atoms with Crippen molar-refractivity contribution < 1.29 is 9.53 Å². The average molecular weight is 238 g/mol. The van der Waals surface area contributed by atoms with Crippen molar-refractivity contribution in [1.82, 2.24) is 0 Å². The lowest BCUT2D eigenvalue weighted by molar-refractivity contribution is 0.0601. The minimum Gasteiger partial charge on any atom is -0.465 e. The van der Waals surface area contributed by atoms with Crippen molar-refractivity contribution in [3.63, 3.8) is 0 Å². The zero-order valence-corrected chi connectivity index (χ0v) is 10.8. The number of ether oxygens (including phenoxy) is 1. The number of rotatable bonds is 5. The second-order valence-corrected chi connectivity index (χ2v) is 5.13. The largest absolute Gasteiger partial charge is 0.465 e. The van der Waals surface area contributed by atoms with Gasteiger partial charge in [-0.05, 0) is 29.4 Å². The maximum Gasteiger partial charge on any atom is 0.337 e. The molecule has 0 N–H and O–H groups in total. The SMILES string of the molecule is COC(=O)c1ccc(CSCC(C)C)cc1. The molecule has 0 radical (unpaired) electrons. The van der Waals surface area contributed by atoms with Gasteiger partial charge in [0.1, 0.15) is 0 Å². The molecule has 2 nitrogen and oxygen atoms in total. The first kappa shape index (κ1) is 13.1. The van der Waals surface area contributed by atoms with Gasteiger partial charge in [-0.15, -0.1) is 0 Å². The molecule has 0 aromatic heterocycles. The van der Waals surface area contributed by atoms with Crippen molar-refractivity contribution in [2.75, 3.05) is 12.9 Å². The molecule has 0 unspecified atom stereocenters. The summed E-state index contributed by atoms with van der Waals surface area (Å²) in [5.41, 5.74) is 1.86. The number of methoxy groups -OCH3 is 1. The fourth-order valence-corrected chi connectivity index (χ4v) is 2.28. The third kappa shape index (κ3) is 4.27. The van der Waals surface area contributed by atoms with E-state index in [4.69, 9.17) is 0 Å². The van der Waals surface area contributed by atoms with Gasteiger partial charge < -0.3 is 4.74 Å². The highest BCUT2D eigenvalue weighted by Crippen LogP contribution is 2.16. The van der Waals surface area contributed by atoms with Crippen LogP contribution in [0.15, 0.2) is 24.3 Å². The molecule has 88 valence electrons. The minimum atomic E-state index is -0.276. The van der Waals surface area contributed by atoms with Crippen LogP contribution in [0, 0.1) is 5.92 Å². The fourth-order valence-electron chi connectivity index (χ4n) is 1.27. The second kappa shape index (κ2) is 6.59. The molecular weight excluding hydrogens is 220 g/mol. The number of benzene rings is 1. The summed E-state index contributed by atoms with van der Waals surface area (Å²) in [5.74, 6) is 2.61. The van der Waals surface area contributed by atoms with Crippen LogP contribution in [0.4, 0.5) is 0 Å². The number of thioether (sulfide) groups is 1. The topological polar surface area (TPSA) is 26.3 Å². The highest BCUT2D eigenvalue weighted by Gasteiger charge is 2.04. The Morgan fingerprint density at radius 1 is 1.31 bits per heavy atom. The summed E-state index contributed by atoms with van der Waals surface area (Å²) in [7, 11) is 1.40. The lowest BCUT2D eigenvalue weighted by Gasteiger charge is -2.05. The molecule has 3 heteroatoms. The smallest absolute Gasteiger partial charge is 0.337 e. The van der Waals surface area contributed by atoms with Crippen LogP contribution in [0.3, 0.4) is 0 Å². The fraction of sp³-hybridized carbons (Fsp3) is 0.462. The summed E-state index contributed by atoms with van der Waals surface area (Å²) in [4.78, 5) is 11.2. The van der Waals surface area contributed by atoms with E-state index in [1.54, 1.807) is 0 Å². The van der Waals surface area contributed by atoms with Crippen LogP contribution in [0.1, 0.15) is 29.8 Å². The zero-order chi connectivity index (χ0) is 12.0. The van der Waals surface area contributed by atoms with Gasteiger partial charge >= 0.3 is 5.97 Å². The quantitative estimate of drug-likeness (QED) is 0.736. The third-order valence-corrected chi connectivity index (χ3v) is 3.53. The van der Waals surface area contributed by atoms with E-state index in [1.165, 1.54) is 18.4 Å². The van der Waals surface area contributed by atoms with Gasteiger partial charge in [-0.25, -0.2) is 4.79 Å². The van der Waals surface area contributed by atoms with Gasteiger partial charge in [0.05, 0.1) is 12.7 Å². The highest BCUT2D eigenvalue weighted by molar-refractivity contribution is 7.98. The first-order valence-corrected chi connectivity index (χ1v) is 6.54. The van der Waals surface area contributed by atoms with E-state index in [2.05, 4.69) is 18.6 Å². The minimum absolute atomic E-state index is 0.276. The summed E-state index contributed by atoms with van der Waals surface area (Å²) in [5, 5.41) is 0. The molecule has 0 heterocycles. The van der Waals surface area contributed by atoms with Gasteiger partial charge in [0.2, 0.25) is 0 Å². The third-order valence-electron chi connectivity index (χ3n) is 2.09. The molecule has 1 aromatic carbocycles. The van der Waals surface area contributed by atoms with Crippen molar-refractivity contribution in [3.8, 4) is 0 Å². The predicted molar refractivity (Wildman–Crippen MR) is 68.8 cm³/mol. The number of carbonyl (C=O) groups is 1. The molecule has 16 heavy (non-hydrogen) atoms. The Labute approximate surface area is 101 Å². The molecule has 0 bridgehead atoms. The summed E-state index contributed by atoms with van der Waals surface area (Å²) in [6.07, 6.45) is 0. The van der Waals surface area contributed by atoms with E-state index < -0.39 is 0 Å². The Morgan fingerprint density at radius 3 is 2.44 bits per heavy atom. The Hall–Kier alpha value is -0.960. The summed E-state index contributed by atoms with van der Waals surface area (Å²) >= 11 is 1.92. The standard InChI is InChI=1S/C13H18O2S/c1-10(2)8-16-9-11-4-6-12(7-5-11)13(14)15-3/h4-7,10H,8-9H2,1-3H3. The van der Waals surface area contributed by atoms with Crippen molar-refractivity contribution in [1.29, 1.82) is 0 Å². The normalized spacial score (nSPS) is 10.5. The van der Waals surface area contributed by atoms with Crippen LogP contribution in [0.25, 0.3) is 0 Å². The van der Waals surface area contributed by atoms with Crippen molar-refractivity contribution in [2.45, 2.75) is 19.6 Å². The molecule has 0 aliphatic rings. The number of hydrogen-bond donors (Lipinski definition) is 0. The molecule has 0 spiro atoms. The lowest BCUT2D eigenvalue weighted by Crippen LogP contribution is -2.00. The van der Waals surface area contributed by atoms with Gasteiger partial charge in [0.15, 0.2) is 0 Å². The second-order valence-electron chi connectivity index (χ2n) is 4.10. The number of carbonyl (C=O) groups excluding carboxylic acids is 1. The van der Waals surface area contributed by atoms with E-state index >= 15 is 0 Å². The van der Waals surface area contributed by atoms with Crippen molar-refractivity contribution >= 4 is 17.7 Å². The maximum atomic E-state index is 11.2. The first-order valence-electron chi connectivity index (χ1n) is 5.38. The molecule has 0 aliphatic heterocycles. The predicted octanol–water partition coefficient (Wildman–Crippen LogP) is 3.36. The van der Waals surface area contributed by atoms with Crippen LogP contribution in [0.2, 0.25) is 0 Å². The van der Waals surface area contributed by atoms with E-state index in [1.807, 2.05) is 36.0 Å². The zero-order valence-electron chi connectivity index (χ0n) is 10.0. The van der Waals surface area contributed by atoms with E-state index in [9.17, 15) is 4.79 Å². The molecule has 0 amide bonds. The van der Waals surface area contributed by atoms with Crippen molar-refractivity contribution in [2.24, 2.45) is 5.92 Å². The van der Waals surface area contributed by atoms with E-state index in [0.717, 1.165) is 11.7 Å². The van der Waals surface area contributed by atoms with Crippen LogP contribution in [0.5, 0.6) is 0 Å². The van der Waals surface area contributed by atoms with Gasteiger partial charge in [0, 0.05) is 5.75 Å². The lowest BCUT2D eigenvalue weighted by atomic mass is 10.1. The molecule has 0 saturated heterocycles. The highest BCUT2D eigenvalue weighted by atomic mass is 32.2. The summed E-state index contributed by atoms with van der Waals surface area (Å²) in [6, 6.07) is 7.60. The molecule has 0 atom stereocenters. The van der Waals surface area contributed by atoms with Crippen molar-refractivity contribution in [3.05, 3.63) is 35.4 Å². The number of esters is 1. The van der Waals surface area contributed by atoms with Gasteiger partial charge in [-0.2, -0.15) is 11.8 Å². The van der Waals surface area contributed by atoms with E-state index in [0.29, 0.717) is 5.56 Å². The molecule has 1 rings (SSSR count). The van der Waals surface area contributed by atoms with Gasteiger partial charge in [0.25, 0.3) is 0 Å². The molecule has 0 aliphatic carbocycles. The Morgan fingerprint density at radius 2 is 1.94 bits per heavy atom. The van der Waals surface area contributed by atoms with Crippen LogP contribution in [-0.4, -0.2) is 18.8 Å². The molecule has 0 fully saturated rings. The number of hydrogen-bond acceptors (Lipinski definition) is 3. The van der Waals surface area contributed by atoms with E-state index in [-0.39, 0.29) is 5.97 Å². The average Bonchev–Trinajstić information content (AvgIpc) is 2.28. The Bertz CT molecular complexity index is 330. The first-order chi connectivity index (χ1) is 7.63. The molecule has 1 aromatic rings. The molecular formula is C13H18O2S. The van der Waals surface area contributed by atoms with Crippen LogP contribution < -0.4 is 0 Å². The summed E-state index contributed by atoms with van der Waals surface area (Å²) in [6.45, 7) is 4.43. The summed E-state index contributed by atoms with van der Waals surface area (Å²) < 4.78 is 4.64. The monoisotopic (exact) mass is 238 g/mol. The Balaban J connectivity index is 2.48. The van der Waals surface area contributed by atoms with Crippen LogP contribution >= 0.6 is 11.8 Å².